The highest BCUT2D eigenvalue weighted by Gasteiger charge is 2.33. The van der Waals surface area contributed by atoms with Gasteiger partial charge in [0, 0.05) is 13.6 Å². The van der Waals surface area contributed by atoms with Gasteiger partial charge < -0.3 is 9.69 Å². The second kappa shape index (κ2) is 11.2. The molecule has 0 radical (unpaired) electrons. The largest absolute Gasteiger partial charge is 0.381 e. The Labute approximate surface area is 153 Å². The second-order valence-corrected chi connectivity index (χ2v) is 5.82. The highest BCUT2D eigenvalue weighted by atomic mass is 16.1. The fourth-order valence-corrected chi connectivity index (χ4v) is 2.79. The van der Waals surface area contributed by atoms with Gasteiger partial charge in [-0.05, 0) is 37.1 Å². The van der Waals surface area contributed by atoms with Gasteiger partial charge in [0.25, 0.3) is 0 Å². The van der Waals surface area contributed by atoms with E-state index in [0.717, 1.165) is 36.8 Å². The predicted molar refractivity (Wildman–Crippen MR) is 108 cm³/mol. The Hall–Kier alpha value is -2.35. The van der Waals surface area contributed by atoms with Crippen molar-refractivity contribution in [1.82, 2.24) is 4.90 Å². The zero-order chi connectivity index (χ0) is 18.5. The van der Waals surface area contributed by atoms with E-state index in [4.69, 9.17) is 0 Å². The lowest BCUT2D eigenvalue weighted by molar-refractivity contribution is -0.111. The Morgan fingerprint density at radius 1 is 0.920 bits per heavy atom. The monoisotopic (exact) mass is 337 g/mol. The molecular formula is C23H31NO. The van der Waals surface area contributed by atoms with E-state index in [0.29, 0.717) is 0 Å². The van der Waals surface area contributed by atoms with Crippen molar-refractivity contribution in [2.24, 2.45) is 0 Å². The maximum Gasteiger partial charge on any atom is 0.134 e. The highest BCUT2D eigenvalue weighted by Crippen LogP contribution is 2.35. The van der Waals surface area contributed by atoms with E-state index in [1.807, 2.05) is 74.5 Å². The predicted octanol–water partition coefficient (Wildman–Crippen LogP) is 5.44. The summed E-state index contributed by atoms with van der Waals surface area (Å²) in [4.78, 5) is 14.3. The van der Waals surface area contributed by atoms with E-state index in [9.17, 15) is 4.79 Å². The minimum atomic E-state index is -0.586. The fourth-order valence-electron chi connectivity index (χ4n) is 2.79. The Kier molecular flexibility index (Phi) is 9.31. The molecule has 0 bridgehead atoms. The van der Waals surface area contributed by atoms with E-state index in [-0.39, 0.29) is 0 Å². The van der Waals surface area contributed by atoms with E-state index in [1.165, 1.54) is 0 Å². The van der Waals surface area contributed by atoms with Crippen LogP contribution < -0.4 is 0 Å². The number of aldehydes is 1. The van der Waals surface area contributed by atoms with E-state index < -0.39 is 5.41 Å². The Morgan fingerprint density at radius 3 is 1.80 bits per heavy atom. The molecule has 0 aromatic heterocycles. The van der Waals surface area contributed by atoms with E-state index >= 15 is 0 Å². The summed E-state index contributed by atoms with van der Waals surface area (Å²) in [5.74, 6) is 0. The van der Waals surface area contributed by atoms with Crippen LogP contribution in [0.3, 0.4) is 0 Å². The van der Waals surface area contributed by atoms with Crippen molar-refractivity contribution in [2.45, 2.75) is 39.0 Å². The van der Waals surface area contributed by atoms with Gasteiger partial charge >= 0.3 is 0 Å². The molecular weight excluding hydrogens is 306 g/mol. The fraction of sp³-hybridized carbons (Fsp3) is 0.348. The number of carbonyl (C=O) groups is 1. The molecule has 0 amide bonds. The smallest absolute Gasteiger partial charge is 0.134 e. The molecule has 2 aromatic carbocycles. The molecule has 0 spiro atoms. The third-order valence-corrected chi connectivity index (χ3v) is 4.34. The first-order chi connectivity index (χ1) is 12.2. The molecule has 0 atom stereocenters. The Bertz CT molecular complexity index is 580. The van der Waals surface area contributed by atoms with Crippen molar-refractivity contribution >= 4 is 6.29 Å². The van der Waals surface area contributed by atoms with Crippen molar-refractivity contribution in [3.63, 3.8) is 0 Å². The van der Waals surface area contributed by atoms with Gasteiger partial charge in [0.05, 0.1) is 5.41 Å². The van der Waals surface area contributed by atoms with Gasteiger partial charge in [-0.25, -0.2) is 0 Å². The zero-order valence-corrected chi connectivity index (χ0v) is 16.0. The molecule has 0 N–H and O–H groups in total. The first-order valence-electron chi connectivity index (χ1n) is 9.17. The quantitative estimate of drug-likeness (QED) is 0.598. The van der Waals surface area contributed by atoms with Gasteiger partial charge in [-0.2, -0.15) is 0 Å². The van der Waals surface area contributed by atoms with Crippen LogP contribution >= 0.6 is 0 Å². The average Bonchev–Trinajstić information content (AvgIpc) is 2.71. The first kappa shape index (κ1) is 20.7. The minimum Gasteiger partial charge on any atom is -0.381 e. The molecule has 0 unspecified atom stereocenters. The third kappa shape index (κ3) is 5.60. The first-order valence-corrected chi connectivity index (χ1v) is 9.17. The molecule has 25 heavy (non-hydrogen) atoms. The van der Waals surface area contributed by atoms with Crippen LogP contribution in [0.4, 0.5) is 0 Å². The van der Waals surface area contributed by atoms with E-state index in [2.05, 4.69) is 31.1 Å². The Morgan fingerprint density at radius 2 is 1.40 bits per heavy atom. The molecule has 0 heterocycles. The van der Waals surface area contributed by atoms with Crippen molar-refractivity contribution in [3.8, 4) is 0 Å². The summed E-state index contributed by atoms with van der Waals surface area (Å²) in [6.45, 7) is 7.10. The number of allylic oxidation sites excluding steroid dienone is 1. The highest BCUT2D eigenvalue weighted by molar-refractivity contribution is 5.75. The van der Waals surface area contributed by atoms with Gasteiger partial charge in [0.2, 0.25) is 0 Å². The maximum absolute atomic E-state index is 12.2. The molecule has 2 aromatic rings. The van der Waals surface area contributed by atoms with Gasteiger partial charge in [0.15, 0.2) is 0 Å². The summed E-state index contributed by atoms with van der Waals surface area (Å²) in [7, 11) is 2.05. The number of hydrogen-bond donors (Lipinski definition) is 0. The number of nitrogens with zero attached hydrogens (tertiary/aromatic N) is 1. The van der Waals surface area contributed by atoms with Crippen LogP contribution in [0.1, 0.15) is 44.7 Å². The lowest BCUT2D eigenvalue weighted by Crippen LogP contribution is -2.29. The van der Waals surface area contributed by atoms with Crippen LogP contribution in [0, 0.1) is 0 Å². The van der Waals surface area contributed by atoms with Crippen LogP contribution in [0.25, 0.3) is 0 Å². The number of carbonyl (C=O) groups excluding carboxylic acids is 1. The lowest BCUT2D eigenvalue weighted by atomic mass is 9.72. The molecule has 0 saturated carbocycles. The second-order valence-electron chi connectivity index (χ2n) is 5.82. The van der Waals surface area contributed by atoms with Gasteiger partial charge in [-0.3, -0.25) is 0 Å². The van der Waals surface area contributed by atoms with Crippen molar-refractivity contribution in [1.29, 1.82) is 0 Å². The molecule has 0 aliphatic rings. The van der Waals surface area contributed by atoms with Crippen molar-refractivity contribution < 1.29 is 4.79 Å². The number of rotatable bonds is 8. The van der Waals surface area contributed by atoms with Crippen molar-refractivity contribution in [3.05, 3.63) is 84.1 Å². The zero-order valence-electron chi connectivity index (χ0n) is 16.0. The van der Waals surface area contributed by atoms with Crippen LogP contribution in [0.2, 0.25) is 0 Å². The van der Waals surface area contributed by atoms with Crippen molar-refractivity contribution in [2.75, 3.05) is 13.6 Å². The van der Waals surface area contributed by atoms with Gasteiger partial charge in [0.1, 0.15) is 6.29 Å². The molecule has 0 saturated heterocycles. The topological polar surface area (TPSA) is 20.3 Å². The standard InChI is InChI=1S/C21H25NO.C2H6/c1-3-22(2)17-11-10-16-21(18-23,19-12-6-4-7-13-19)20-14-8-5-9-15-20;1-2/h4-9,11-15,17-18H,3,10,16H2,1-2H3;1-2H3/b17-11+;. The van der Waals surface area contributed by atoms with Crippen LogP contribution in [0.15, 0.2) is 72.9 Å². The van der Waals surface area contributed by atoms with Crippen LogP contribution in [-0.4, -0.2) is 24.8 Å². The summed E-state index contributed by atoms with van der Waals surface area (Å²) in [6, 6.07) is 20.1. The summed E-state index contributed by atoms with van der Waals surface area (Å²) in [5.41, 5.74) is 1.52. The number of benzene rings is 2. The molecule has 0 aliphatic heterocycles. The molecule has 0 aliphatic carbocycles. The summed E-state index contributed by atoms with van der Waals surface area (Å²) < 4.78 is 0. The molecule has 2 heteroatoms. The lowest BCUT2D eigenvalue weighted by Gasteiger charge is -2.29. The van der Waals surface area contributed by atoms with E-state index in [1.54, 1.807) is 0 Å². The molecule has 0 fully saturated rings. The maximum atomic E-state index is 12.2. The minimum absolute atomic E-state index is 0.586. The normalized spacial score (nSPS) is 10.9. The summed E-state index contributed by atoms with van der Waals surface area (Å²) in [5, 5.41) is 0. The summed E-state index contributed by atoms with van der Waals surface area (Å²) in [6.07, 6.45) is 6.96. The van der Waals surface area contributed by atoms with Crippen LogP contribution in [0.5, 0.6) is 0 Å². The molecule has 2 rings (SSSR count). The molecule has 2 nitrogen and oxygen atoms in total. The van der Waals surface area contributed by atoms with Crippen LogP contribution in [-0.2, 0) is 10.2 Å². The number of hydrogen-bond acceptors (Lipinski definition) is 2. The SMILES string of the molecule is CC.CCN(C)/C=C/CCC(C=O)(c1ccccc1)c1ccccc1. The van der Waals surface area contributed by atoms with Gasteiger partial charge in [-0.1, -0.05) is 80.6 Å². The molecule has 134 valence electrons. The average molecular weight is 338 g/mol. The Balaban J connectivity index is 0.00000151. The summed E-state index contributed by atoms with van der Waals surface area (Å²) >= 11 is 0. The van der Waals surface area contributed by atoms with Gasteiger partial charge in [-0.15, -0.1) is 0 Å². The third-order valence-electron chi connectivity index (χ3n) is 4.34.